The second-order valence-electron chi connectivity index (χ2n) is 7.60. The molecule has 0 unspecified atom stereocenters. The van der Waals surface area contributed by atoms with Crippen LogP contribution in [0.1, 0.15) is 19.4 Å². The number of benzene rings is 3. The molecule has 4 aromatic rings. The fourth-order valence-corrected chi connectivity index (χ4v) is 3.35. The average Bonchev–Trinajstić information content (AvgIpc) is 3.15. The molecule has 1 heterocycles. The van der Waals surface area contributed by atoms with Crippen LogP contribution in [0.5, 0.6) is 5.75 Å². The molecule has 6 heteroatoms. The van der Waals surface area contributed by atoms with Crippen molar-refractivity contribution in [2.75, 3.05) is 5.32 Å². The number of para-hydroxylation sites is 2. The Bertz CT molecular complexity index is 1180. The van der Waals surface area contributed by atoms with Gasteiger partial charge in [-0.3, -0.25) is 4.79 Å². The SMILES string of the molecule is Cc1c(NC(=O)C(C)(C)Oc2ccc(Cl)cc2)cccc1-c1nc2ccccc2[nH]1. The van der Waals surface area contributed by atoms with Crippen molar-refractivity contribution < 1.29 is 9.53 Å². The molecule has 0 saturated carbocycles. The van der Waals surface area contributed by atoms with E-state index in [9.17, 15) is 4.79 Å². The van der Waals surface area contributed by atoms with Gasteiger partial charge < -0.3 is 15.0 Å². The topological polar surface area (TPSA) is 67.0 Å². The highest BCUT2D eigenvalue weighted by Gasteiger charge is 2.30. The maximum absolute atomic E-state index is 13.0. The van der Waals surface area contributed by atoms with Crippen LogP contribution < -0.4 is 10.1 Å². The van der Waals surface area contributed by atoms with E-state index in [2.05, 4.69) is 15.3 Å². The van der Waals surface area contributed by atoms with Gasteiger partial charge in [-0.2, -0.15) is 0 Å². The largest absolute Gasteiger partial charge is 0.478 e. The number of nitrogens with one attached hydrogen (secondary N) is 2. The predicted molar refractivity (Wildman–Crippen MR) is 121 cm³/mol. The minimum Gasteiger partial charge on any atom is -0.478 e. The molecule has 0 aliphatic carbocycles. The normalized spacial score (nSPS) is 11.5. The van der Waals surface area contributed by atoms with Gasteiger partial charge in [0, 0.05) is 16.3 Å². The van der Waals surface area contributed by atoms with E-state index in [0.29, 0.717) is 16.5 Å². The summed E-state index contributed by atoms with van der Waals surface area (Å²) in [5.74, 6) is 1.09. The molecule has 0 radical (unpaired) electrons. The fourth-order valence-electron chi connectivity index (χ4n) is 3.22. The van der Waals surface area contributed by atoms with Gasteiger partial charge in [-0.25, -0.2) is 4.98 Å². The number of nitrogens with zero attached hydrogens (tertiary/aromatic N) is 1. The van der Waals surface area contributed by atoms with E-state index in [1.54, 1.807) is 38.1 Å². The quantitative estimate of drug-likeness (QED) is 0.417. The Labute approximate surface area is 180 Å². The number of carbonyl (C=O) groups is 1. The highest BCUT2D eigenvalue weighted by molar-refractivity contribution is 6.30. The number of fused-ring (bicyclic) bond motifs is 1. The van der Waals surface area contributed by atoms with Crippen LogP contribution in [0.4, 0.5) is 5.69 Å². The number of aromatic amines is 1. The van der Waals surface area contributed by atoms with E-state index in [1.807, 2.05) is 49.4 Å². The van der Waals surface area contributed by atoms with Crippen molar-refractivity contribution in [3.8, 4) is 17.1 Å². The lowest BCUT2D eigenvalue weighted by atomic mass is 10.0. The number of carbonyl (C=O) groups excluding carboxylic acids is 1. The molecule has 0 fully saturated rings. The van der Waals surface area contributed by atoms with Gasteiger partial charge in [0.2, 0.25) is 0 Å². The van der Waals surface area contributed by atoms with Crippen molar-refractivity contribution in [1.29, 1.82) is 0 Å². The first kappa shape index (κ1) is 20.0. The number of anilines is 1. The zero-order valence-corrected chi connectivity index (χ0v) is 17.7. The van der Waals surface area contributed by atoms with Crippen molar-refractivity contribution in [3.05, 3.63) is 77.3 Å². The average molecular weight is 420 g/mol. The van der Waals surface area contributed by atoms with E-state index in [0.717, 1.165) is 28.0 Å². The van der Waals surface area contributed by atoms with E-state index >= 15 is 0 Å². The molecule has 3 aromatic carbocycles. The van der Waals surface area contributed by atoms with Crippen LogP contribution in [0, 0.1) is 6.92 Å². The fraction of sp³-hybridized carbons (Fsp3) is 0.167. The predicted octanol–water partition coefficient (Wildman–Crippen LogP) is 5.99. The van der Waals surface area contributed by atoms with Gasteiger partial charge >= 0.3 is 0 Å². The smallest absolute Gasteiger partial charge is 0.267 e. The summed E-state index contributed by atoms with van der Waals surface area (Å²) in [5.41, 5.74) is 3.37. The molecular weight excluding hydrogens is 398 g/mol. The Balaban J connectivity index is 1.57. The van der Waals surface area contributed by atoms with Crippen molar-refractivity contribution in [2.45, 2.75) is 26.4 Å². The molecule has 4 rings (SSSR count). The van der Waals surface area contributed by atoms with Gasteiger partial charge in [0.05, 0.1) is 11.0 Å². The van der Waals surface area contributed by atoms with Gasteiger partial charge in [0.25, 0.3) is 5.91 Å². The van der Waals surface area contributed by atoms with Gasteiger partial charge in [-0.05, 0) is 68.8 Å². The maximum atomic E-state index is 13.0. The van der Waals surface area contributed by atoms with Gasteiger partial charge in [0.1, 0.15) is 11.6 Å². The third-order valence-corrected chi connectivity index (χ3v) is 5.21. The van der Waals surface area contributed by atoms with E-state index < -0.39 is 5.60 Å². The van der Waals surface area contributed by atoms with Crippen LogP contribution in [0.3, 0.4) is 0 Å². The number of hydrogen-bond donors (Lipinski definition) is 2. The van der Waals surface area contributed by atoms with Crippen molar-refractivity contribution >= 4 is 34.2 Å². The van der Waals surface area contributed by atoms with Crippen LogP contribution in [-0.4, -0.2) is 21.5 Å². The lowest BCUT2D eigenvalue weighted by Crippen LogP contribution is -2.42. The van der Waals surface area contributed by atoms with E-state index in [1.165, 1.54) is 0 Å². The summed E-state index contributed by atoms with van der Waals surface area (Å²) in [4.78, 5) is 21.0. The molecule has 5 nitrogen and oxygen atoms in total. The molecule has 0 aliphatic heterocycles. The molecule has 0 aliphatic rings. The van der Waals surface area contributed by atoms with Crippen LogP contribution >= 0.6 is 11.6 Å². The van der Waals surface area contributed by atoms with E-state index in [-0.39, 0.29) is 5.91 Å². The Morgan fingerprint density at radius 3 is 2.50 bits per heavy atom. The van der Waals surface area contributed by atoms with Crippen LogP contribution in [0.2, 0.25) is 5.02 Å². The lowest BCUT2D eigenvalue weighted by molar-refractivity contribution is -0.128. The number of halogens is 1. The van der Waals surface area contributed by atoms with Crippen molar-refractivity contribution in [1.82, 2.24) is 9.97 Å². The Hall–Kier alpha value is -3.31. The Kier molecular flexibility index (Phi) is 5.22. The molecule has 0 spiro atoms. The number of ether oxygens (including phenoxy) is 1. The van der Waals surface area contributed by atoms with Gasteiger partial charge in [-0.1, -0.05) is 35.9 Å². The first-order chi connectivity index (χ1) is 14.3. The number of hydrogen-bond acceptors (Lipinski definition) is 3. The maximum Gasteiger partial charge on any atom is 0.267 e. The molecule has 0 atom stereocenters. The molecule has 2 N–H and O–H groups in total. The first-order valence-corrected chi connectivity index (χ1v) is 10.0. The molecule has 152 valence electrons. The molecule has 30 heavy (non-hydrogen) atoms. The van der Waals surface area contributed by atoms with Crippen LogP contribution in [-0.2, 0) is 4.79 Å². The highest BCUT2D eigenvalue weighted by atomic mass is 35.5. The first-order valence-electron chi connectivity index (χ1n) is 9.64. The third kappa shape index (κ3) is 4.02. The van der Waals surface area contributed by atoms with Gasteiger partial charge in [-0.15, -0.1) is 0 Å². The Morgan fingerprint density at radius 1 is 1.03 bits per heavy atom. The second kappa shape index (κ2) is 7.84. The lowest BCUT2D eigenvalue weighted by Gasteiger charge is -2.26. The molecular formula is C24H22ClN3O2. The summed E-state index contributed by atoms with van der Waals surface area (Å²) in [5, 5.41) is 3.61. The molecule has 1 aromatic heterocycles. The number of imidazole rings is 1. The van der Waals surface area contributed by atoms with E-state index in [4.69, 9.17) is 16.3 Å². The summed E-state index contributed by atoms with van der Waals surface area (Å²) in [6.07, 6.45) is 0. The zero-order chi connectivity index (χ0) is 21.3. The monoisotopic (exact) mass is 419 g/mol. The molecule has 1 amide bonds. The molecule has 0 saturated heterocycles. The van der Waals surface area contributed by atoms with Crippen LogP contribution in [0.15, 0.2) is 66.7 Å². The number of amides is 1. The summed E-state index contributed by atoms with van der Waals surface area (Å²) in [6, 6.07) is 20.6. The summed E-state index contributed by atoms with van der Waals surface area (Å²) in [6.45, 7) is 5.43. The van der Waals surface area contributed by atoms with Crippen LogP contribution in [0.25, 0.3) is 22.4 Å². The highest BCUT2D eigenvalue weighted by Crippen LogP contribution is 2.29. The minimum absolute atomic E-state index is 0.248. The van der Waals surface area contributed by atoms with Crippen molar-refractivity contribution in [3.63, 3.8) is 0 Å². The Morgan fingerprint density at radius 2 is 1.77 bits per heavy atom. The number of rotatable bonds is 5. The number of aromatic nitrogens is 2. The summed E-state index contributed by atoms with van der Waals surface area (Å²) >= 11 is 5.92. The van der Waals surface area contributed by atoms with Gasteiger partial charge in [0.15, 0.2) is 5.60 Å². The minimum atomic E-state index is -1.07. The van der Waals surface area contributed by atoms with Crippen molar-refractivity contribution in [2.24, 2.45) is 0 Å². The summed E-state index contributed by atoms with van der Waals surface area (Å²) < 4.78 is 5.90. The summed E-state index contributed by atoms with van der Waals surface area (Å²) in [7, 11) is 0. The molecule has 0 bridgehead atoms. The standard InChI is InChI=1S/C24H22ClN3O2/c1-15-18(22-26-20-8-4-5-9-21(20)27-22)7-6-10-19(15)28-23(29)24(2,3)30-17-13-11-16(25)12-14-17/h4-14H,1-3H3,(H,26,27)(H,28,29). The number of H-pyrrole nitrogens is 1. The zero-order valence-electron chi connectivity index (χ0n) is 17.0. The second-order valence-corrected chi connectivity index (χ2v) is 8.04. The third-order valence-electron chi connectivity index (χ3n) is 4.96.